The standard InChI is InChI=1S/C19H25N3O4/c1-19(2,3)26-18(24)20-11-13-6-5-7-15(10-13)21-17-14(12-23)8-9-16(22-17)25-4/h5-10,23H,11-12H2,1-4H3,(H,20,24)(H,21,22). The van der Waals surface area contributed by atoms with Gasteiger partial charge in [-0.3, -0.25) is 0 Å². The summed E-state index contributed by atoms with van der Waals surface area (Å²) in [5, 5.41) is 15.4. The van der Waals surface area contributed by atoms with E-state index >= 15 is 0 Å². The van der Waals surface area contributed by atoms with Crippen LogP contribution in [0.5, 0.6) is 5.88 Å². The molecular formula is C19H25N3O4. The smallest absolute Gasteiger partial charge is 0.407 e. The number of amides is 1. The van der Waals surface area contributed by atoms with Crippen molar-refractivity contribution in [2.24, 2.45) is 0 Å². The number of benzene rings is 1. The van der Waals surface area contributed by atoms with Crippen molar-refractivity contribution in [1.82, 2.24) is 10.3 Å². The van der Waals surface area contributed by atoms with Crippen LogP contribution in [-0.2, 0) is 17.9 Å². The lowest BCUT2D eigenvalue weighted by atomic mass is 10.2. The number of carbonyl (C=O) groups is 1. The van der Waals surface area contributed by atoms with Crippen LogP contribution in [0.4, 0.5) is 16.3 Å². The van der Waals surface area contributed by atoms with Crippen LogP contribution in [0.25, 0.3) is 0 Å². The summed E-state index contributed by atoms with van der Waals surface area (Å²) in [4.78, 5) is 16.1. The van der Waals surface area contributed by atoms with Crippen LogP contribution in [-0.4, -0.2) is 28.9 Å². The number of hydrogen-bond acceptors (Lipinski definition) is 6. The molecule has 26 heavy (non-hydrogen) atoms. The number of carbonyl (C=O) groups excluding carboxylic acids is 1. The zero-order valence-corrected chi connectivity index (χ0v) is 15.5. The van der Waals surface area contributed by atoms with Crippen molar-refractivity contribution < 1.29 is 19.4 Å². The largest absolute Gasteiger partial charge is 0.481 e. The number of anilines is 2. The average molecular weight is 359 g/mol. The van der Waals surface area contributed by atoms with Crippen molar-refractivity contribution in [3.63, 3.8) is 0 Å². The summed E-state index contributed by atoms with van der Waals surface area (Å²) in [7, 11) is 1.54. The molecule has 0 bridgehead atoms. The Balaban J connectivity index is 2.06. The molecule has 0 saturated carbocycles. The fraction of sp³-hybridized carbons (Fsp3) is 0.368. The highest BCUT2D eigenvalue weighted by atomic mass is 16.6. The zero-order valence-electron chi connectivity index (χ0n) is 15.5. The first-order valence-corrected chi connectivity index (χ1v) is 8.28. The summed E-state index contributed by atoms with van der Waals surface area (Å²) >= 11 is 0. The SMILES string of the molecule is COc1ccc(CO)c(Nc2cccc(CNC(=O)OC(C)(C)C)c2)n1. The third kappa shape index (κ3) is 5.93. The molecule has 0 aliphatic carbocycles. The molecule has 0 aliphatic rings. The quantitative estimate of drug-likeness (QED) is 0.732. The molecule has 0 unspecified atom stereocenters. The molecule has 0 radical (unpaired) electrons. The number of alkyl carbamates (subject to hydrolysis) is 1. The van der Waals surface area contributed by atoms with Gasteiger partial charge in [-0.25, -0.2) is 4.79 Å². The normalized spacial score (nSPS) is 11.0. The maximum atomic E-state index is 11.8. The molecule has 1 aromatic carbocycles. The lowest BCUT2D eigenvalue weighted by Gasteiger charge is -2.19. The number of aromatic nitrogens is 1. The molecule has 7 heteroatoms. The highest BCUT2D eigenvalue weighted by Gasteiger charge is 2.15. The van der Waals surface area contributed by atoms with Crippen LogP contribution in [0.3, 0.4) is 0 Å². The Bertz CT molecular complexity index is 757. The number of hydrogen-bond donors (Lipinski definition) is 3. The third-order valence-electron chi connectivity index (χ3n) is 3.36. The minimum atomic E-state index is -0.535. The van der Waals surface area contributed by atoms with Gasteiger partial charge in [-0.15, -0.1) is 0 Å². The Labute approximate surface area is 153 Å². The van der Waals surface area contributed by atoms with Gasteiger partial charge in [-0.05, 0) is 44.5 Å². The number of aliphatic hydroxyl groups is 1. The summed E-state index contributed by atoms with van der Waals surface area (Å²) in [6.07, 6.45) is -0.465. The Morgan fingerprint density at radius 2 is 2.00 bits per heavy atom. The highest BCUT2D eigenvalue weighted by molar-refractivity contribution is 5.68. The van der Waals surface area contributed by atoms with Gasteiger partial charge in [0.15, 0.2) is 0 Å². The molecule has 2 rings (SSSR count). The molecule has 0 saturated heterocycles. The van der Waals surface area contributed by atoms with Crippen LogP contribution >= 0.6 is 0 Å². The molecule has 140 valence electrons. The van der Waals surface area contributed by atoms with Crippen molar-refractivity contribution >= 4 is 17.6 Å². The van der Waals surface area contributed by atoms with Crippen molar-refractivity contribution in [3.05, 3.63) is 47.5 Å². The second-order valence-corrected chi connectivity index (χ2v) is 6.70. The highest BCUT2D eigenvalue weighted by Crippen LogP contribution is 2.23. The Morgan fingerprint density at radius 3 is 2.65 bits per heavy atom. The van der Waals surface area contributed by atoms with Crippen molar-refractivity contribution in [1.29, 1.82) is 0 Å². The molecule has 1 aromatic heterocycles. The summed E-state index contributed by atoms with van der Waals surface area (Å²) < 4.78 is 10.4. The molecule has 0 spiro atoms. The third-order valence-corrected chi connectivity index (χ3v) is 3.36. The number of rotatable bonds is 6. The predicted molar refractivity (Wildman–Crippen MR) is 99.5 cm³/mol. The van der Waals surface area contributed by atoms with E-state index in [1.165, 1.54) is 7.11 Å². The lowest BCUT2D eigenvalue weighted by Crippen LogP contribution is -2.32. The molecule has 1 heterocycles. The Hall–Kier alpha value is -2.80. The molecule has 7 nitrogen and oxygen atoms in total. The Kier molecular flexibility index (Phi) is 6.41. The maximum Gasteiger partial charge on any atom is 0.407 e. The zero-order chi connectivity index (χ0) is 19.2. The maximum absolute atomic E-state index is 11.8. The molecule has 0 aliphatic heterocycles. The van der Waals surface area contributed by atoms with E-state index in [0.717, 1.165) is 11.3 Å². The van der Waals surface area contributed by atoms with Crippen molar-refractivity contribution in [2.75, 3.05) is 12.4 Å². The molecule has 0 atom stereocenters. The topological polar surface area (TPSA) is 92.7 Å². The van der Waals surface area contributed by atoms with Gasteiger partial charge in [0.1, 0.15) is 11.4 Å². The number of methoxy groups -OCH3 is 1. The first-order chi connectivity index (χ1) is 12.3. The fourth-order valence-electron chi connectivity index (χ4n) is 2.20. The summed E-state index contributed by atoms with van der Waals surface area (Å²) in [5.74, 6) is 0.969. The fourth-order valence-corrected chi connectivity index (χ4v) is 2.20. The van der Waals surface area contributed by atoms with Gasteiger partial charge in [-0.1, -0.05) is 12.1 Å². The number of nitrogens with zero attached hydrogens (tertiary/aromatic N) is 1. The van der Waals surface area contributed by atoms with Gasteiger partial charge in [-0.2, -0.15) is 4.98 Å². The van der Waals surface area contributed by atoms with Crippen LogP contribution in [0.2, 0.25) is 0 Å². The molecular weight excluding hydrogens is 334 g/mol. The lowest BCUT2D eigenvalue weighted by molar-refractivity contribution is 0.0523. The summed E-state index contributed by atoms with van der Waals surface area (Å²) in [6, 6.07) is 11.0. The van der Waals surface area contributed by atoms with Crippen LogP contribution in [0.15, 0.2) is 36.4 Å². The van der Waals surface area contributed by atoms with Crippen LogP contribution in [0.1, 0.15) is 31.9 Å². The molecule has 2 aromatic rings. The van der Waals surface area contributed by atoms with Crippen molar-refractivity contribution in [2.45, 2.75) is 39.5 Å². The van der Waals surface area contributed by atoms with Crippen LogP contribution < -0.4 is 15.4 Å². The first kappa shape index (κ1) is 19.5. The van der Waals surface area contributed by atoms with Gasteiger partial charge in [0.25, 0.3) is 0 Å². The van der Waals surface area contributed by atoms with Gasteiger partial charge in [0.2, 0.25) is 5.88 Å². The van der Waals surface area contributed by atoms with Gasteiger partial charge < -0.3 is 25.2 Å². The van der Waals surface area contributed by atoms with E-state index in [1.54, 1.807) is 12.1 Å². The predicted octanol–water partition coefficient (Wildman–Crippen LogP) is 3.35. The van der Waals surface area contributed by atoms with Gasteiger partial charge in [0.05, 0.1) is 13.7 Å². The van der Waals surface area contributed by atoms with Crippen molar-refractivity contribution in [3.8, 4) is 5.88 Å². The minimum Gasteiger partial charge on any atom is -0.481 e. The van der Waals surface area contributed by atoms with E-state index in [2.05, 4.69) is 15.6 Å². The van der Waals surface area contributed by atoms with E-state index in [4.69, 9.17) is 9.47 Å². The van der Waals surface area contributed by atoms with E-state index in [0.29, 0.717) is 23.8 Å². The van der Waals surface area contributed by atoms with E-state index in [-0.39, 0.29) is 6.61 Å². The Morgan fingerprint density at radius 1 is 1.23 bits per heavy atom. The molecule has 3 N–H and O–H groups in total. The molecule has 1 amide bonds. The van der Waals surface area contributed by atoms with Gasteiger partial charge >= 0.3 is 6.09 Å². The number of aliphatic hydroxyl groups excluding tert-OH is 1. The average Bonchev–Trinajstić information content (AvgIpc) is 2.59. The van der Waals surface area contributed by atoms with Gasteiger partial charge in [0, 0.05) is 23.9 Å². The summed E-state index contributed by atoms with van der Waals surface area (Å²) in [6.45, 7) is 5.65. The van der Waals surface area contributed by atoms with E-state index in [9.17, 15) is 9.90 Å². The first-order valence-electron chi connectivity index (χ1n) is 8.28. The number of ether oxygens (including phenoxy) is 2. The number of pyridine rings is 1. The molecule has 0 fully saturated rings. The van der Waals surface area contributed by atoms with E-state index in [1.807, 2.05) is 45.0 Å². The summed E-state index contributed by atoms with van der Waals surface area (Å²) in [5.41, 5.74) is 1.80. The second kappa shape index (κ2) is 8.53. The minimum absolute atomic E-state index is 0.140. The monoisotopic (exact) mass is 359 g/mol. The second-order valence-electron chi connectivity index (χ2n) is 6.70. The number of nitrogens with one attached hydrogen (secondary N) is 2. The van der Waals surface area contributed by atoms with E-state index < -0.39 is 11.7 Å². The van der Waals surface area contributed by atoms with Crippen LogP contribution in [0, 0.1) is 0 Å².